The van der Waals surface area contributed by atoms with E-state index in [9.17, 15) is 18.4 Å². The Balaban J connectivity index is 1.92. The van der Waals surface area contributed by atoms with Crippen LogP contribution in [0.3, 0.4) is 0 Å². The molecule has 2 amide bonds. The van der Waals surface area contributed by atoms with Crippen LogP contribution in [0.2, 0.25) is 0 Å². The molecule has 168 valence electrons. The van der Waals surface area contributed by atoms with Crippen LogP contribution in [0, 0.1) is 17.0 Å². The van der Waals surface area contributed by atoms with E-state index in [2.05, 4.69) is 24.5 Å². The van der Waals surface area contributed by atoms with Gasteiger partial charge in [-0.25, -0.2) is 8.78 Å². The van der Waals surface area contributed by atoms with Crippen molar-refractivity contribution in [2.75, 3.05) is 13.1 Å². The van der Waals surface area contributed by atoms with Crippen molar-refractivity contribution < 1.29 is 18.4 Å². The number of rotatable bonds is 12. The van der Waals surface area contributed by atoms with Gasteiger partial charge in [0.25, 0.3) is 11.8 Å². The van der Waals surface area contributed by atoms with Gasteiger partial charge in [-0.3, -0.25) is 9.59 Å². The summed E-state index contributed by atoms with van der Waals surface area (Å²) in [4.78, 5) is 24.7. The Kier molecular flexibility index (Phi) is 9.63. The van der Waals surface area contributed by atoms with Crippen molar-refractivity contribution in [3.63, 3.8) is 0 Å². The van der Waals surface area contributed by atoms with E-state index in [-0.39, 0.29) is 17.2 Å². The summed E-state index contributed by atoms with van der Waals surface area (Å²) in [5.41, 5.74) is 0.515. The van der Waals surface area contributed by atoms with Gasteiger partial charge in [-0.1, -0.05) is 38.8 Å². The second-order valence-corrected chi connectivity index (χ2v) is 8.02. The molecule has 0 radical (unpaired) electrons. The van der Waals surface area contributed by atoms with Gasteiger partial charge in [0.1, 0.15) is 11.6 Å². The Morgan fingerprint density at radius 3 is 1.90 bits per heavy atom. The van der Waals surface area contributed by atoms with Crippen molar-refractivity contribution in [1.82, 2.24) is 10.6 Å². The summed E-state index contributed by atoms with van der Waals surface area (Å²) < 4.78 is 26.7. The number of hydrogen-bond donors (Lipinski definition) is 2. The first-order valence-corrected chi connectivity index (χ1v) is 11.0. The number of amides is 2. The lowest BCUT2D eigenvalue weighted by Crippen LogP contribution is -2.38. The van der Waals surface area contributed by atoms with E-state index in [0.29, 0.717) is 24.2 Å². The fourth-order valence-corrected chi connectivity index (χ4v) is 3.73. The average Bonchev–Trinajstić information content (AvgIpc) is 2.77. The van der Waals surface area contributed by atoms with E-state index in [1.807, 2.05) is 0 Å². The van der Waals surface area contributed by atoms with Gasteiger partial charge in [0.05, 0.1) is 0 Å². The smallest absolute Gasteiger partial charge is 0.251 e. The molecule has 31 heavy (non-hydrogen) atoms. The molecule has 0 bridgehead atoms. The van der Waals surface area contributed by atoms with Crippen molar-refractivity contribution in [2.45, 2.75) is 52.4 Å². The Hall–Kier alpha value is -2.76. The number of halogens is 2. The number of unbranched alkanes of at least 4 members (excludes halogenated alkanes) is 1. The highest BCUT2D eigenvalue weighted by Gasteiger charge is 2.28. The largest absolute Gasteiger partial charge is 0.352 e. The summed E-state index contributed by atoms with van der Waals surface area (Å²) in [7, 11) is 0. The molecule has 0 aliphatic heterocycles. The van der Waals surface area contributed by atoms with Crippen molar-refractivity contribution in [1.29, 1.82) is 0 Å². The molecule has 2 aromatic carbocycles. The number of benzene rings is 2. The average molecular weight is 431 g/mol. The lowest BCUT2D eigenvalue weighted by Gasteiger charge is -2.33. The van der Waals surface area contributed by atoms with Crippen LogP contribution >= 0.6 is 0 Å². The molecule has 2 N–H and O–H groups in total. The van der Waals surface area contributed by atoms with Gasteiger partial charge in [-0.2, -0.15) is 0 Å². The zero-order valence-corrected chi connectivity index (χ0v) is 18.3. The van der Waals surface area contributed by atoms with E-state index < -0.39 is 11.6 Å². The number of carbonyl (C=O) groups is 2. The van der Waals surface area contributed by atoms with Crippen molar-refractivity contribution in [3.8, 4) is 0 Å². The lowest BCUT2D eigenvalue weighted by atomic mass is 9.76. The van der Waals surface area contributed by atoms with Crippen LogP contribution in [0.15, 0.2) is 48.5 Å². The van der Waals surface area contributed by atoms with E-state index in [0.717, 1.165) is 38.5 Å². The Morgan fingerprint density at radius 2 is 1.39 bits per heavy atom. The van der Waals surface area contributed by atoms with E-state index in [1.165, 1.54) is 36.4 Å². The molecule has 2 rings (SSSR count). The maximum absolute atomic E-state index is 13.4. The summed E-state index contributed by atoms with van der Waals surface area (Å²) in [6.45, 7) is 5.21. The molecule has 0 aliphatic carbocycles. The lowest BCUT2D eigenvalue weighted by molar-refractivity contribution is 0.0916. The maximum atomic E-state index is 13.4. The molecule has 1 atom stereocenters. The fourth-order valence-electron chi connectivity index (χ4n) is 3.73. The van der Waals surface area contributed by atoms with Crippen molar-refractivity contribution >= 4 is 11.8 Å². The van der Waals surface area contributed by atoms with Crippen LogP contribution in [-0.2, 0) is 0 Å². The molecule has 0 heterocycles. The second-order valence-electron chi connectivity index (χ2n) is 8.02. The van der Waals surface area contributed by atoms with Crippen molar-refractivity contribution in [2.24, 2.45) is 5.41 Å². The highest BCUT2D eigenvalue weighted by Crippen LogP contribution is 2.33. The summed E-state index contributed by atoms with van der Waals surface area (Å²) >= 11 is 0. The first kappa shape index (κ1) is 24.5. The highest BCUT2D eigenvalue weighted by molar-refractivity contribution is 5.94. The molecule has 0 aromatic heterocycles. The zero-order chi connectivity index (χ0) is 22.7. The van der Waals surface area contributed by atoms with Crippen molar-refractivity contribution in [3.05, 3.63) is 71.3 Å². The van der Waals surface area contributed by atoms with Crippen LogP contribution in [0.25, 0.3) is 0 Å². The van der Waals surface area contributed by atoms with Gasteiger partial charge in [-0.15, -0.1) is 0 Å². The predicted molar refractivity (Wildman–Crippen MR) is 119 cm³/mol. The topological polar surface area (TPSA) is 58.2 Å². The molecule has 1 unspecified atom stereocenters. The Morgan fingerprint density at radius 1 is 0.839 bits per heavy atom. The molecule has 0 aliphatic rings. The maximum Gasteiger partial charge on any atom is 0.251 e. The molecule has 6 heteroatoms. The highest BCUT2D eigenvalue weighted by atomic mass is 19.1. The molecule has 2 aromatic rings. The SMILES string of the molecule is CCCCC(CC)(CCCNC(=O)c1cccc(F)c1)CNC(=O)c1cccc(F)c1. The van der Waals surface area contributed by atoms with Crippen LogP contribution in [0.1, 0.15) is 73.1 Å². The van der Waals surface area contributed by atoms with Gasteiger partial charge < -0.3 is 10.6 Å². The predicted octanol–water partition coefficient (Wildman–Crippen LogP) is 5.49. The Bertz CT molecular complexity index is 872. The summed E-state index contributed by atoms with van der Waals surface area (Å²) in [6, 6.07) is 11.3. The molecule has 0 saturated carbocycles. The summed E-state index contributed by atoms with van der Waals surface area (Å²) in [5.74, 6) is -1.46. The third kappa shape index (κ3) is 7.78. The molecule has 0 spiro atoms. The third-order valence-corrected chi connectivity index (χ3v) is 5.78. The summed E-state index contributed by atoms with van der Waals surface area (Å²) in [5, 5.41) is 5.82. The minimum Gasteiger partial charge on any atom is -0.352 e. The number of carbonyl (C=O) groups excluding carboxylic acids is 2. The van der Waals surface area contributed by atoms with Gasteiger partial charge in [0.15, 0.2) is 0 Å². The van der Waals surface area contributed by atoms with Gasteiger partial charge >= 0.3 is 0 Å². The van der Waals surface area contributed by atoms with Crippen LogP contribution in [0.4, 0.5) is 8.78 Å². The van der Waals surface area contributed by atoms with Crippen LogP contribution < -0.4 is 10.6 Å². The minimum atomic E-state index is -0.439. The molecular weight excluding hydrogens is 398 g/mol. The number of hydrogen-bond acceptors (Lipinski definition) is 2. The molecule has 4 nitrogen and oxygen atoms in total. The van der Waals surface area contributed by atoms with Gasteiger partial charge in [-0.05, 0) is 67.5 Å². The summed E-state index contributed by atoms with van der Waals surface area (Å²) in [6.07, 6.45) is 5.51. The van der Waals surface area contributed by atoms with Crippen LogP contribution in [0.5, 0.6) is 0 Å². The van der Waals surface area contributed by atoms with Crippen LogP contribution in [-0.4, -0.2) is 24.9 Å². The van der Waals surface area contributed by atoms with E-state index in [1.54, 1.807) is 12.1 Å². The quantitative estimate of drug-likeness (QED) is 0.437. The molecular formula is C25H32F2N2O2. The first-order chi connectivity index (χ1) is 14.9. The van der Waals surface area contributed by atoms with E-state index in [4.69, 9.17) is 0 Å². The van der Waals surface area contributed by atoms with Gasteiger partial charge in [0, 0.05) is 24.2 Å². The molecule has 0 fully saturated rings. The normalized spacial score (nSPS) is 12.8. The molecule has 0 saturated heterocycles. The van der Waals surface area contributed by atoms with E-state index >= 15 is 0 Å². The third-order valence-electron chi connectivity index (χ3n) is 5.78. The second kappa shape index (κ2) is 12.2. The van der Waals surface area contributed by atoms with Gasteiger partial charge in [0.2, 0.25) is 0 Å². The minimum absolute atomic E-state index is 0.0947. The standard InChI is InChI=1S/C25H32F2N2O2/c1-3-5-13-25(4-2,18-29-24(31)20-10-7-12-22(27)17-20)14-8-15-28-23(30)19-9-6-11-21(26)16-19/h6-7,9-12,16-17H,3-5,8,13-15,18H2,1-2H3,(H,28,30)(H,29,31). The Labute approximate surface area is 183 Å². The fraction of sp³-hybridized carbons (Fsp3) is 0.440. The number of nitrogens with one attached hydrogen (secondary N) is 2. The zero-order valence-electron chi connectivity index (χ0n) is 18.3. The monoisotopic (exact) mass is 430 g/mol. The first-order valence-electron chi connectivity index (χ1n) is 11.0.